The van der Waals surface area contributed by atoms with Crippen molar-refractivity contribution < 1.29 is 14.6 Å². The molecule has 0 aromatic heterocycles. The number of hydrogen-bond donors (Lipinski definition) is 1. The summed E-state index contributed by atoms with van der Waals surface area (Å²) in [7, 11) is 0. The van der Waals surface area contributed by atoms with Crippen molar-refractivity contribution in [2.45, 2.75) is 19.3 Å². The molecule has 86 valence electrons. The Hall–Kier alpha value is -0.610. The van der Waals surface area contributed by atoms with E-state index in [1.54, 1.807) is 0 Å². The van der Waals surface area contributed by atoms with Gasteiger partial charge in [-0.1, -0.05) is 0 Å². The van der Waals surface area contributed by atoms with E-state index < -0.39 is 0 Å². The van der Waals surface area contributed by atoms with Gasteiger partial charge in [-0.05, 0) is 25.2 Å². The van der Waals surface area contributed by atoms with Gasteiger partial charge in [-0.15, -0.1) is 0 Å². The van der Waals surface area contributed by atoms with Crippen molar-refractivity contribution in [1.29, 1.82) is 0 Å². The van der Waals surface area contributed by atoms with Crippen molar-refractivity contribution in [3.8, 4) is 0 Å². The summed E-state index contributed by atoms with van der Waals surface area (Å²) in [4.78, 5) is 13.9. The van der Waals surface area contributed by atoms with E-state index in [0.717, 1.165) is 32.4 Å². The number of likely N-dealkylation sites (tertiary alicyclic amines) is 1. The monoisotopic (exact) mass is 213 g/mol. The summed E-state index contributed by atoms with van der Waals surface area (Å²) in [5.74, 6) is 0.582. The number of piperidine rings is 1. The average Bonchev–Trinajstić information content (AvgIpc) is 2.81. The highest BCUT2D eigenvalue weighted by Gasteiger charge is 2.30. The van der Waals surface area contributed by atoms with Gasteiger partial charge in [0.05, 0.1) is 12.5 Å². The van der Waals surface area contributed by atoms with Crippen molar-refractivity contribution in [2.24, 2.45) is 11.8 Å². The smallest absolute Gasteiger partial charge is 0.228 e. The molecule has 2 saturated heterocycles. The van der Waals surface area contributed by atoms with Crippen molar-refractivity contribution >= 4 is 5.91 Å². The van der Waals surface area contributed by atoms with Gasteiger partial charge < -0.3 is 14.7 Å². The van der Waals surface area contributed by atoms with Gasteiger partial charge in [0, 0.05) is 26.3 Å². The van der Waals surface area contributed by atoms with Gasteiger partial charge in [0.15, 0.2) is 0 Å². The third kappa shape index (κ3) is 2.49. The second kappa shape index (κ2) is 4.94. The summed E-state index contributed by atoms with van der Waals surface area (Å²) in [5.41, 5.74) is 0. The molecule has 1 amide bonds. The third-order valence-corrected chi connectivity index (χ3v) is 3.37. The molecular formula is C11H19NO3. The van der Waals surface area contributed by atoms with Crippen LogP contribution in [0, 0.1) is 11.8 Å². The lowest BCUT2D eigenvalue weighted by Gasteiger charge is -2.33. The van der Waals surface area contributed by atoms with Gasteiger partial charge >= 0.3 is 0 Å². The molecule has 0 aliphatic carbocycles. The Bertz CT molecular complexity index is 226. The zero-order chi connectivity index (χ0) is 10.7. The predicted molar refractivity (Wildman–Crippen MR) is 55.3 cm³/mol. The van der Waals surface area contributed by atoms with Crippen LogP contribution in [-0.2, 0) is 9.53 Å². The number of aliphatic hydroxyl groups excluding tert-OH is 1. The highest BCUT2D eigenvalue weighted by molar-refractivity contribution is 5.79. The molecular weight excluding hydrogens is 194 g/mol. The first-order valence-electron chi connectivity index (χ1n) is 5.78. The fourth-order valence-electron chi connectivity index (χ4n) is 2.40. The number of carbonyl (C=O) groups is 1. The highest BCUT2D eigenvalue weighted by Crippen LogP contribution is 2.21. The maximum atomic E-state index is 12.0. The van der Waals surface area contributed by atoms with Gasteiger partial charge in [0.2, 0.25) is 5.91 Å². The number of ether oxygens (including phenoxy) is 1. The molecule has 4 nitrogen and oxygen atoms in total. The second-order valence-electron chi connectivity index (χ2n) is 4.54. The lowest BCUT2D eigenvalue weighted by Crippen LogP contribution is -2.44. The van der Waals surface area contributed by atoms with Crippen molar-refractivity contribution in [2.75, 3.05) is 32.9 Å². The SMILES string of the molecule is O=C([C@@H]1CCOC1)N1CCC[C@@H](CO)C1. The maximum Gasteiger partial charge on any atom is 0.228 e. The second-order valence-corrected chi connectivity index (χ2v) is 4.54. The Kier molecular flexibility index (Phi) is 3.59. The van der Waals surface area contributed by atoms with Crippen molar-refractivity contribution in [3.63, 3.8) is 0 Å². The van der Waals surface area contributed by atoms with Crippen LogP contribution in [0.25, 0.3) is 0 Å². The first-order valence-corrected chi connectivity index (χ1v) is 5.78. The molecule has 2 aliphatic heterocycles. The van der Waals surface area contributed by atoms with Gasteiger partial charge in [-0.2, -0.15) is 0 Å². The van der Waals surface area contributed by atoms with Crippen LogP contribution in [0.3, 0.4) is 0 Å². The molecule has 1 N–H and O–H groups in total. The lowest BCUT2D eigenvalue weighted by molar-refractivity contribution is -0.137. The average molecular weight is 213 g/mol. The molecule has 0 bridgehead atoms. The molecule has 0 aromatic carbocycles. The zero-order valence-electron chi connectivity index (χ0n) is 9.02. The molecule has 2 atom stereocenters. The summed E-state index contributed by atoms with van der Waals surface area (Å²) in [6.45, 7) is 3.08. The fraction of sp³-hybridized carbons (Fsp3) is 0.909. The van der Waals surface area contributed by atoms with Crippen LogP contribution < -0.4 is 0 Å². The summed E-state index contributed by atoms with van der Waals surface area (Å²) in [6, 6.07) is 0. The molecule has 2 aliphatic rings. The van der Waals surface area contributed by atoms with Crippen LogP contribution in [0.2, 0.25) is 0 Å². The predicted octanol–water partition coefficient (Wildman–Crippen LogP) is 0.254. The van der Waals surface area contributed by atoms with E-state index in [1.807, 2.05) is 4.90 Å². The molecule has 0 saturated carbocycles. The van der Waals surface area contributed by atoms with Crippen LogP contribution in [0.1, 0.15) is 19.3 Å². The number of hydrogen-bond acceptors (Lipinski definition) is 3. The number of rotatable bonds is 2. The molecule has 2 heterocycles. The molecule has 0 spiro atoms. The molecule has 15 heavy (non-hydrogen) atoms. The topological polar surface area (TPSA) is 49.8 Å². The summed E-state index contributed by atoms with van der Waals surface area (Å²) in [6.07, 6.45) is 2.92. The first-order chi connectivity index (χ1) is 7.31. The molecule has 0 aromatic rings. The molecule has 4 heteroatoms. The maximum absolute atomic E-state index is 12.0. The quantitative estimate of drug-likeness (QED) is 0.715. The van der Waals surface area contributed by atoms with Crippen molar-refractivity contribution in [1.82, 2.24) is 4.90 Å². The molecule has 2 rings (SSSR count). The normalized spacial score (nSPS) is 31.9. The minimum Gasteiger partial charge on any atom is -0.396 e. The summed E-state index contributed by atoms with van der Waals surface area (Å²) in [5, 5.41) is 9.09. The third-order valence-electron chi connectivity index (χ3n) is 3.37. The van der Waals surface area contributed by atoms with Crippen LogP contribution in [0.5, 0.6) is 0 Å². The summed E-state index contributed by atoms with van der Waals surface area (Å²) >= 11 is 0. The Morgan fingerprint density at radius 1 is 1.47 bits per heavy atom. The van der Waals surface area contributed by atoms with Gasteiger partial charge in [-0.25, -0.2) is 0 Å². The van der Waals surface area contributed by atoms with E-state index in [0.29, 0.717) is 13.2 Å². The fourth-order valence-corrected chi connectivity index (χ4v) is 2.40. The Labute approximate surface area is 90.2 Å². The standard InChI is InChI=1S/C11H19NO3/c13-7-9-2-1-4-12(6-9)11(14)10-3-5-15-8-10/h9-10,13H,1-8H2/t9-,10-/m1/s1. The highest BCUT2D eigenvalue weighted by atomic mass is 16.5. The van der Waals surface area contributed by atoms with E-state index >= 15 is 0 Å². The Morgan fingerprint density at radius 3 is 3.00 bits per heavy atom. The van der Waals surface area contributed by atoms with E-state index in [9.17, 15) is 4.79 Å². The van der Waals surface area contributed by atoms with E-state index in [4.69, 9.17) is 9.84 Å². The van der Waals surface area contributed by atoms with Crippen LogP contribution >= 0.6 is 0 Å². The minimum atomic E-state index is 0.0717. The van der Waals surface area contributed by atoms with Crippen LogP contribution in [0.15, 0.2) is 0 Å². The van der Waals surface area contributed by atoms with Crippen LogP contribution in [0.4, 0.5) is 0 Å². The number of carbonyl (C=O) groups excluding carboxylic acids is 1. The Balaban J connectivity index is 1.88. The van der Waals surface area contributed by atoms with Crippen LogP contribution in [-0.4, -0.2) is 48.8 Å². The van der Waals surface area contributed by atoms with E-state index in [2.05, 4.69) is 0 Å². The molecule has 2 fully saturated rings. The number of aliphatic hydroxyl groups is 1. The number of nitrogens with zero attached hydrogens (tertiary/aromatic N) is 1. The largest absolute Gasteiger partial charge is 0.396 e. The molecule has 0 unspecified atom stereocenters. The van der Waals surface area contributed by atoms with E-state index in [1.165, 1.54) is 0 Å². The molecule has 0 radical (unpaired) electrons. The summed E-state index contributed by atoms with van der Waals surface area (Å²) < 4.78 is 5.23. The lowest BCUT2D eigenvalue weighted by atomic mass is 9.97. The first kappa shape index (κ1) is 10.9. The number of amides is 1. The van der Waals surface area contributed by atoms with Crippen molar-refractivity contribution in [3.05, 3.63) is 0 Å². The Morgan fingerprint density at radius 2 is 2.33 bits per heavy atom. The minimum absolute atomic E-state index is 0.0717. The zero-order valence-corrected chi connectivity index (χ0v) is 9.02. The van der Waals surface area contributed by atoms with Gasteiger partial charge in [0.1, 0.15) is 0 Å². The van der Waals surface area contributed by atoms with Gasteiger partial charge in [0.25, 0.3) is 0 Å². The van der Waals surface area contributed by atoms with Gasteiger partial charge in [-0.3, -0.25) is 4.79 Å². The van der Waals surface area contributed by atoms with E-state index in [-0.39, 0.29) is 24.3 Å².